The second kappa shape index (κ2) is 5.63. The second-order valence-corrected chi connectivity index (χ2v) is 4.59. The molecule has 1 heterocycles. The predicted octanol–water partition coefficient (Wildman–Crippen LogP) is 1.73. The number of nitrogens with zero attached hydrogens (tertiary/aromatic N) is 3. The Kier molecular flexibility index (Phi) is 3.89. The fourth-order valence-electron chi connectivity index (χ4n) is 1.91. The number of amides is 1. The van der Waals surface area contributed by atoms with Crippen molar-refractivity contribution < 1.29 is 9.18 Å². The van der Waals surface area contributed by atoms with Crippen LogP contribution in [0.5, 0.6) is 0 Å². The molecular weight excluding hydrogens is 273 g/mol. The van der Waals surface area contributed by atoms with E-state index < -0.39 is 5.82 Å². The van der Waals surface area contributed by atoms with E-state index in [0.29, 0.717) is 17.1 Å². The number of carbonyl (C=O) groups excluding carboxylic acids is 1. The average Bonchev–Trinajstić information content (AvgIpc) is 2.68. The molecule has 0 fully saturated rings. The molecule has 0 aliphatic rings. The van der Waals surface area contributed by atoms with Crippen molar-refractivity contribution in [1.29, 1.82) is 5.26 Å². The van der Waals surface area contributed by atoms with E-state index in [0.717, 1.165) is 6.07 Å². The number of nitriles is 1. The molecule has 1 aromatic carbocycles. The van der Waals surface area contributed by atoms with Crippen LogP contribution < -0.4 is 11.1 Å². The van der Waals surface area contributed by atoms with Crippen molar-refractivity contribution in [2.75, 3.05) is 11.1 Å². The molecule has 21 heavy (non-hydrogen) atoms. The highest BCUT2D eigenvalue weighted by Gasteiger charge is 2.13. The standard InChI is InChI=1S/C14H14FN5O/c1-8-14(17)9(2)20(19-8)7-13(21)18-12-4-3-11(15)5-10(12)6-16/h3-5H,7,17H2,1-2H3,(H,18,21). The zero-order chi connectivity index (χ0) is 15.6. The first-order chi connectivity index (χ1) is 9.92. The number of aryl methyl sites for hydroxylation is 1. The van der Waals surface area contributed by atoms with Crippen LogP contribution >= 0.6 is 0 Å². The van der Waals surface area contributed by atoms with Crippen LogP contribution in [0.15, 0.2) is 18.2 Å². The van der Waals surface area contributed by atoms with E-state index in [1.165, 1.54) is 16.8 Å². The molecule has 0 spiro atoms. The van der Waals surface area contributed by atoms with Gasteiger partial charge in [-0.2, -0.15) is 10.4 Å². The minimum atomic E-state index is -0.532. The molecule has 0 unspecified atom stereocenters. The fraction of sp³-hybridized carbons (Fsp3) is 0.214. The molecule has 108 valence electrons. The molecule has 0 radical (unpaired) electrons. The molecule has 3 N–H and O–H groups in total. The van der Waals surface area contributed by atoms with Gasteiger partial charge in [-0.05, 0) is 32.0 Å². The van der Waals surface area contributed by atoms with Gasteiger partial charge in [0.2, 0.25) is 5.91 Å². The number of halogens is 1. The first-order valence-electron chi connectivity index (χ1n) is 6.21. The van der Waals surface area contributed by atoms with Crippen molar-refractivity contribution in [3.63, 3.8) is 0 Å². The maximum Gasteiger partial charge on any atom is 0.246 e. The molecule has 0 aliphatic heterocycles. The van der Waals surface area contributed by atoms with Gasteiger partial charge in [-0.1, -0.05) is 0 Å². The van der Waals surface area contributed by atoms with E-state index in [1.807, 2.05) is 6.07 Å². The number of hydrogen-bond donors (Lipinski definition) is 2. The molecule has 6 nitrogen and oxygen atoms in total. The summed E-state index contributed by atoms with van der Waals surface area (Å²) in [7, 11) is 0. The van der Waals surface area contributed by atoms with Gasteiger partial charge < -0.3 is 11.1 Å². The smallest absolute Gasteiger partial charge is 0.246 e. The lowest BCUT2D eigenvalue weighted by Crippen LogP contribution is -2.21. The molecule has 0 saturated carbocycles. The van der Waals surface area contributed by atoms with E-state index >= 15 is 0 Å². The Morgan fingerprint density at radius 1 is 1.52 bits per heavy atom. The summed E-state index contributed by atoms with van der Waals surface area (Å²) < 4.78 is 14.5. The molecule has 0 aliphatic carbocycles. The zero-order valence-electron chi connectivity index (χ0n) is 11.6. The monoisotopic (exact) mass is 287 g/mol. The highest BCUT2D eigenvalue weighted by atomic mass is 19.1. The third-order valence-corrected chi connectivity index (χ3v) is 3.11. The highest BCUT2D eigenvalue weighted by molar-refractivity contribution is 5.92. The van der Waals surface area contributed by atoms with Crippen LogP contribution in [0.25, 0.3) is 0 Å². The van der Waals surface area contributed by atoms with Crippen molar-refractivity contribution in [3.05, 3.63) is 41.0 Å². The lowest BCUT2D eigenvalue weighted by atomic mass is 10.2. The number of nitrogens with one attached hydrogen (secondary N) is 1. The van der Waals surface area contributed by atoms with Crippen LogP contribution in [0, 0.1) is 31.0 Å². The van der Waals surface area contributed by atoms with Crippen LogP contribution in [0.2, 0.25) is 0 Å². The van der Waals surface area contributed by atoms with Crippen molar-refractivity contribution in [1.82, 2.24) is 9.78 Å². The Morgan fingerprint density at radius 2 is 2.24 bits per heavy atom. The van der Waals surface area contributed by atoms with Gasteiger partial charge in [-0.3, -0.25) is 9.48 Å². The topological polar surface area (TPSA) is 96.7 Å². The third-order valence-electron chi connectivity index (χ3n) is 3.11. The first-order valence-corrected chi connectivity index (χ1v) is 6.21. The molecular formula is C14H14FN5O. The van der Waals surface area contributed by atoms with Gasteiger partial charge in [0, 0.05) is 0 Å². The number of nitrogens with two attached hydrogens (primary N) is 1. The van der Waals surface area contributed by atoms with Crippen LogP contribution in [0.1, 0.15) is 17.0 Å². The third kappa shape index (κ3) is 3.00. The summed E-state index contributed by atoms with van der Waals surface area (Å²) in [6.45, 7) is 3.48. The maximum atomic E-state index is 13.0. The lowest BCUT2D eigenvalue weighted by molar-refractivity contribution is -0.116. The summed E-state index contributed by atoms with van der Waals surface area (Å²) in [6.07, 6.45) is 0. The van der Waals surface area contributed by atoms with Gasteiger partial charge in [-0.25, -0.2) is 4.39 Å². The largest absolute Gasteiger partial charge is 0.396 e. The van der Waals surface area contributed by atoms with Crippen molar-refractivity contribution in [2.45, 2.75) is 20.4 Å². The number of rotatable bonds is 3. The van der Waals surface area contributed by atoms with Crippen LogP contribution in [0.3, 0.4) is 0 Å². The van der Waals surface area contributed by atoms with Gasteiger partial charge in [-0.15, -0.1) is 0 Å². The summed E-state index contributed by atoms with van der Waals surface area (Å²) in [6, 6.07) is 5.43. The summed E-state index contributed by atoms with van der Waals surface area (Å²) in [5.41, 5.74) is 8.01. The Morgan fingerprint density at radius 3 is 2.81 bits per heavy atom. The van der Waals surface area contributed by atoms with E-state index in [-0.39, 0.29) is 23.7 Å². The van der Waals surface area contributed by atoms with Crippen LogP contribution in [-0.2, 0) is 11.3 Å². The summed E-state index contributed by atoms with van der Waals surface area (Å²) in [5.74, 6) is -0.903. The van der Waals surface area contributed by atoms with E-state index in [1.54, 1.807) is 13.8 Å². The molecule has 0 saturated heterocycles. The number of benzene rings is 1. The second-order valence-electron chi connectivity index (χ2n) is 4.59. The van der Waals surface area contributed by atoms with Crippen molar-refractivity contribution in [2.24, 2.45) is 0 Å². The Bertz CT molecular complexity index is 745. The number of aromatic nitrogens is 2. The summed E-state index contributed by atoms with van der Waals surface area (Å²) >= 11 is 0. The van der Waals surface area contributed by atoms with Crippen LogP contribution in [0.4, 0.5) is 15.8 Å². The molecule has 0 atom stereocenters. The quantitative estimate of drug-likeness (QED) is 0.898. The molecule has 2 aromatic rings. The first kappa shape index (κ1) is 14.5. The Labute approximate surface area is 121 Å². The number of anilines is 2. The number of hydrogen-bond acceptors (Lipinski definition) is 4. The highest BCUT2D eigenvalue weighted by Crippen LogP contribution is 2.17. The van der Waals surface area contributed by atoms with E-state index in [2.05, 4.69) is 10.4 Å². The van der Waals surface area contributed by atoms with Gasteiger partial charge in [0.25, 0.3) is 0 Å². The number of carbonyl (C=O) groups is 1. The SMILES string of the molecule is Cc1nn(CC(=O)Nc2ccc(F)cc2C#N)c(C)c1N. The average molecular weight is 287 g/mol. The summed E-state index contributed by atoms with van der Waals surface area (Å²) in [5, 5.41) is 15.6. The van der Waals surface area contributed by atoms with Gasteiger partial charge >= 0.3 is 0 Å². The molecule has 1 aromatic heterocycles. The minimum Gasteiger partial charge on any atom is -0.396 e. The van der Waals surface area contributed by atoms with Gasteiger partial charge in [0.1, 0.15) is 18.4 Å². The van der Waals surface area contributed by atoms with Gasteiger partial charge in [0.15, 0.2) is 0 Å². The van der Waals surface area contributed by atoms with E-state index in [4.69, 9.17) is 11.0 Å². The fourth-order valence-corrected chi connectivity index (χ4v) is 1.91. The van der Waals surface area contributed by atoms with Crippen molar-refractivity contribution >= 4 is 17.3 Å². The zero-order valence-corrected chi connectivity index (χ0v) is 11.6. The summed E-state index contributed by atoms with van der Waals surface area (Å²) in [4.78, 5) is 12.0. The molecule has 0 bridgehead atoms. The molecule has 2 rings (SSSR count). The predicted molar refractivity (Wildman–Crippen MR) is 75.9 cm³/mol. The molecule has 7 heteroatoms. The number of nitrogen functional groups attached to an aromatic ring is 1. The van der Waals surface area contributed by atoms with Crippen LogP contribution in [-0.4, -0.2) is 15.7 Å². The van der Waals surface area contributed by atoms with Crippen molar-refractivity contribution in [3.8, 4) is 6.07 Å². The Hall–Kier alpha value is -2.88. The maximum absolute atomic E-state index is 13.0. The Balaban J connectivity index is 2.16. The normalized spacial score (nSPS) is 10.2. The van der Waals surface area contributed by atoms with E-state index in [9.17, 15) is 9.18 Å². The lowest BCUT2D eigenvalue weighted by Gasteiger charge is -2.08. The minimum absolute atomic E-state index is 0.0356. The molecule has 1 amide bonds. The van der Waals surface area contributed by atoms with Gasteiger partial charge in [0.05, 0.1) is 28.3 Å².